The molecule has 0 bridgehead atoms. The average molecular weight is 286 g/mol. The summed E-state index contributed by atoms with van der Waals surface area (Å²) in [4.78, 5) is 3.78. The second kappa shape index (κ2) is 7.27. The van der Waals surface area contributed by atoms with Crippen molar-refractivity contribution in [2.45, 2.75) is 6.61 Å². The number of pyridine rings is 1. The predicted octanol–water partition coefficient (Wildman–Crippen LogP) is 2.12. The van der Waals surface area contributed by atoms with Gasteiger partial charge in [0.15, 0.2) is 0 Å². The van der Waals surface area contributed by atoms with E-state index in [0.717, 1.165) is 6.20 Å². The number of rotatable bonds is 4. The van der Waals surface area contributed by atoms with E-state index in [-0.39, 0.29) is 13.2 Å². The van der Waals surface area contributed by atoms with Crippen LogP contribution in [0.1, 0.15) is 11.1 Å². The summed E-state index contributed by atoms with van der Waals surface area (Å²) < 4.78 is 23.9. The van der Waals surface area contributed by atoms with E-state index in [4.69, 9.17) is 15.2 Å². The number of methoxy groups -OCH3 is 1. The molecule has 2 rings (SSSR count). The van der Waals surface area contributed by atoms with E-state index in [2.05, 4.69) is 16.8 Å². The Balaban J connectivity index is 2.18. The average Bonchev–Trinajstić information content (AvgIpc) is 2.51. The zero-order valence-electron chi connectivity index (χ0n) is 11.6. The van der Waals surface area contributed by atoms with Crippen molar-refractivity contribution in [2.75, 3.05) is 13.7 Å². The molecular weight excluding hydrogens is 271 g/mol. The van der Waals surface area contributed by atoms with E-state index < -0.39 is 5.82 Å². The predicted molar refractivity (Wildman–Crippen MR) is 77.5 cm³/mol. The van der Waals surface area contributed by atoms with E-state index in [0.29, 0.717) is 22.6 Å². The molecule has 0 aliphatic rings. The van der Waals surface area contributed by atoms with E-state index in [1.165, 1.54) is 6.07 Å². The lowest BCUT2D eigenvalue weighted by Gasteiger charge is -2.09. The summed E-state index contributed by atoms with van der Waals surface area (Å²) in [5, 5.41) is 0. The van der Waals surface area contributed by atoms with Crippen LogP contribution >= 0.6 is 0 Å². The van der Waals surface area contributed by atoms with Gasteiger partial charge in [0.05, 0.1) is 25.4 Å². The number of hydrogen-bond acceptors (Lipinski definition) is 4. The van der Waals surface area contributed by atoms with Crippen molar-refractivity contribution in [3.63, 3.8) is 0 Å². The molecule has 1 aromatic heterocycles. The normalized spacial score (nSPS) is 9.67. The van der Waals surface area contributed by atoms with E-state index in [1.54, 1.807) is 31.5 Å². The maximum absolute atomic E-state index is 13.1. The summed E-state index contributed by atoms with van der Waals surface area (Å²) in [6, 6.07) is 6.67. The first-order valence-electron chi connectivity index (χ1n) is 6.32. The lowest BCUT2D eigenvalue weighted by atomic mass is 10.2. The van der Waals surface area contributed by atoms with Gasteiger partial charge in [-0.3, -0.25) is 4.98 Å². The van der Waals surface area contributed by atoms with E-state index >= 15 is 0 Å². The van der Waals surface area contributed by atoms with Gasteiger partial charge in [-0.1, -0.05) is 11.8 Å². The highest BCUT2D eigenvalue weighted by molar-refractivity contribution is 5.50. The van der Waals surface area contributed by atoms with Crippen molar-refractivity contribution in [3.8, 4) is 23.3 Å². The van der Waals surface area contributed by atoms with Gasteiger partial charge in [0, 0.05) is 11.8 Å². The molecule has 21 heavy (non-hydrogen) atoms. The maximum atomic E-state index is 13.1. The Bertz CT molecular complexity index is 677. The number of aromatic nitrogens is 1. The van der Waals surface area contributed by atoms with Crippen LogP contribution in [0.5, 0.6) is 11.5 Å². The van der Waals surface area contributed by atoms with Crippen molar-refractivity contribution >= 4 is 0 Å². The monoisotopic (exact) mass is 286 g/mol. The van der Waals surface area contributed by atoms with Crippen LogP contribution in [-0.2, 0) is 6.61 Å². The largest absolute Gasteiger partial charge is 0.497 e. The first kappa shape index (κ1) is 14.8. The highest BCUT2D eigenvalue weighted by Gasteiger charge is 2.05. The second-order valence-electron chi connectivity index (χ2n) is 4.17. The molecule has 0 unspecified atom stereocenters. The van der Waals surface area contributed by atoms with Crippen LogP contribution in [0, 0.1) is 17.7 Å². The van der Waals surface area contributed by atoms with Crippen LogP contribution in [-0.4, -0.2) is 18.6 Å². The molecular formula is C16H15FN2O2. The Morgan fingerprint density at radius 2 is 2.14 bits per heavy atom. The van der Waals surface area contributed by atoms with Gasteiger partial charge in [-0.15, -0.1) is 0 Å². The number of nitrogens with two attached hydrogens (primary N) is 1. The van der Waals surface area contributed by atoms with Crippen LogP contribution in [0.4, 0.5) is 4.39 Å². The summed E-state index contributed by atoms with van der Waals surface area (Å²) in [6.07, 6.45) is 2.70. The number of halogens is 1. The van der Waals surface area contributed by atoms with Crippen LogP contribution in [0.25, 0.3) is 0 Å². The van der Waals surface area contributed by atoms with Gasteiger partial charge in [-0.25, -0.2) is 4.39 Å². The first-order valence-corrected chi connectivity index (χ1v) is 6.32. The third-order valence-electron chi connectivity index (χ3n) is 2.67. The Hall–Kier alpha value is -2.58. The molecule has 0 saturated carbocycles. The molecule has 0 fully saturated rings. The van der Waals surface area contributed by atoms with Crippen molar-refractivity contribution < 1.29 is 13.9 Å². The molecule has 5 heteroatoms. The fourth-order valence-corrected chi connectivity index (χ4v) is 1.70. The summed E-state index contributed by atoms with van der Waals surface area (Å²) in [5.41, 5.74) is 6.70. The molecule has 0 amide bonds. The Morgan fingerprint density at radius 1 is 1.29 bits per heavy atom. The van der Waals surface area contributed by atoms with Gasteiger partial charge in [0.1, 0.15) is 23.9 Å². The van der Waals surface area contributed by atoms with Gasteiger partial charge in [0.2, 0.25) is 0 Å². The third-order valence-corrected chi connectivity index (χ3v) is 2.67. The number of nitrogens with zero attached hydrogens (tertiary/aromatic N) is 1. The SMILES string of the molecule is COc1ccc(OCc2cncc(F)c2)c(C#CCN)c1. The van der Waals surface area contributed by atoms with Gasteiger partial charge < -0.3 is 15.2 Å². The van der Waals surface area contributed by atoms with Crippen molar-refractivity contribution in [2.24, 2.45) is 5.73 Å². The standard InChI is InChI=1S/C16H15FN2O2/c1-20-15-4-5-16(13(8-15)3-2-6-18)21-11-12-7-14(17)10-19-9-12/h4-5,7-10H,6,11,18H2,1H3. The molecule has 1 heterocycles. The minimum Gasteiger partial charge on any atom is -0.497 e. The van der Waals surface area contributed by atoms with Crippen LogP contribution in [0.2, 0.25) is 0 Å². The lowest BCUT2D eigenvalue weighted by Crippen LogP contribution is -1.99. The van der Waals surface area contributed by atoms with Gasteiger partial charge in [0.25, 0.3) is 0 Å². The molecule has 2 aromatic rings. The Morgan fingerprint density at radius 3 is 2.86 bits per heavy atom. The molecule has 4 nitrogen and oxygen atoms in total. The first-order chi connectivity index (χ1) is 10.2. The molecule has 0 aliphatic heterocycles. The molecule has 108 valence electrons. The van der Waals surface area contributed by atoms with Gasteiger partial charge in [-0.2, -0.15) is 0 Å². The molecule has 0 saturated heterocycles. The highest BCUT2D eigenvalue weighted by atomic mass is 19.1. The van der Waals surface area contributed by atoms with Crippen LogP contribution in [0.3, 0.4) is 0 Å². The van der Waals surface area contributed by atoms with E-state index in [1.807, 2.05) is 0 Å². The number of hydrogen-bond donors (Lipinski definition) is 1. The third kappa shape index (κ3) is 4.20. The minimum absolute atomic E-state index is 0.203. The zero-order chi connectivity index (χ0) is 15.1. The summed E-state index contributed by atoms with van der Waals surface area (Å²) >= 11 is 0. The highest BCUT2D eigenvalue weighted by Crippen LogP contribution is 2.24. The maximum Gasteiger partial charge on any atom is 0.141 e. The van der Waals surface area contributed by atoms with Gasteiger partial charge in [-0.05, 0) is 24.3 Å². The van der Waals surface area contributed by atoms with Gasteiger partial charge >= 0.3 is 0 Å². The fraction of sp³-hybridized carbons (Fsp3) is 0.188. The lowest BCUT2D eigenvalue weighted by molar-refractivity contribution is 0.303. The van der Waals surface area contributed by atoms with Crippen molar-refractivity contribution in [1.82, 2.24) is 4.98 Å². The fourth-order valence-electron chi connectivity index (χ4n) is 1.70. The quantitative estimate of drug-likeness (QED) is 0.875. The molecule has 1 aromatic carbocycles. The zero-order valence-corrected chi connectivity index (χ0v) is 11.6. The topological polar surface area (TPSA) is 57.4 Å². The molecule has 2 N–H and O–H groups in total. The summed E-state index contributed by atoms with van der Waals surface area (Å²) in [6.45, 7) is 0.457. The van der Waals surface area contributed by atoms with Crippen LogP contribution in [0.15, 0.2) is 36.7 Å². The Kier molecular flexibility index (Phi) is 5.13. The van der Waals surface area contributed by atoms with Crippen molar-refractivity contribution in [1.29, 1.82) is 0 Å². The Labute approximate surface area is 122 Å². The summed E-state index contributed by atoms with van der Waals surface area (Å²) in [5.74, 6) is 6.57. The summed E-state index contributed by atoms with van der Waals surface area (Å²) in [7, 11) is 1.58. The van der Waals surface area contributed by atoms with Crippen LogP contribution < -0.4 is 15.2 Å². The smallest absolute Gasteiger partial charge is 0.141 e. The number of benzene rings is 1. The number of ether oxygens (including phenoxy) is 2. The molecule has 0 radical (unpaired) electrons. The second-order valence-corrected chi connectivity index (χ2v) is 4.17. The van der Waals surface area contributed by atoms with Crippen molar-refractivity contribution in [3.05, 3.63) is 53.6 Å². The molecule has 0 spiro atoms. The minimum atomic E-state index is -0.394. The molecule has 0 atom stereocenters. The molecule has 0 aliphatic carbocycles. The van der Waals surface area contributed by atoms with E-state index in [9.17, 15) is 4.39 Å².